The molecule has 128 valence electrons. The van der Waals surface area contributed by atoms with Crippen LogP contribution in [0.2, 0.25) is 0 Å². The normalized spacial score (nSPS) is 18.2. The van der Waals surface area contributed by atoms with Crippen LogP contribution in [0.5, 0.6) is 0 Å². The van der Waals surface area contributed by atoms with Gasteiger partial charge in [-0.1, -0.05) is 18.2 Å². The number of fused-ring (bicyclic) bond motifs is 1. The van der Waals surface area contributed by atoms with Gasteiger partial charge in [0.2, 0.25) is 0 Å². The van der Waals surface area contributed by atoms with Gasteiger partial charge in [0.25, 0.3) is 5.91 Å². The molecule has 3 aromatic rings. The molecule has 1 fully saturated rings. The van der Waals surface area contributed by atoms with Gasteiger partial charge in [-0.25, -0.2) is 4.98 Å². The van der Waals surface area contributed by atoms with Crippen molar-refractivity contribution in [2.24, 2.45) is 5.92 Å². The second-order valence-electron chi connectivity index (χ2n) is 6.79. The molecule has 25 heavy (non-hydrogen) atoms. The van der Waals surface area contributed by atoms with Crippen LogP contribution in [0.1, 0.15) is 35.3 Å². The van der Waals surface area contributed by atoms with Crippen LogP contribution < -0.4 is 0 Å². The molecule has 1 saturated heterocycles. The van der Waals surface area contributed by atoms with Crippen molar-refractivity contribution in [1.29, 1.82) is 0 Å². The molecule has 5 nitrogen and oxygen atoms in total. The van der Waals surface area contributed by atoms with Crippen LogP contribution in [-0.4, -0.2) is 38.8 Å². The smallest absolute Gasteiger partial charge is 0.271 e. The van der Waals surface area contributed by atoms with Crippen LogP contribution in [0.3, 0.4) is 0 Å². The van der Waals surface area contributed by atoms with E-state index in [-0.39, 0.29) is 5.91 Å². The van der Waals surface area contributed by atoms with E-state index in [2.05, 4.69) is 33.2 Å². The summed E-state index contributed by atoms with van der Waals surface area (Å²) in [6.45, 7) is 1.63. The summed E-state index contributed by atoms with van der Waals surface area (Å²) in [5.74, 6) is 0.660. The van der Waals surface area contributed by atoms with Crippen molar-refractivity contribution < 1.29 is 4.79 Å². The van der Waals surface area contributed by atoms with E-state index in [0.717, 1.165) is 44.3 Å². The molecule has 3 heterocycles. The van der Waals surface area contributed by atoms with Crippen LogP contribution in [0.4, 0.5) is 0 Å². The first-order valence-electron chi connectivity index (χ1n) is 8.91. The van der Waals surface area contributed by atoms with E-state index in [1.165, 1.54) is 10.9 Å². The highest BCUT2D eigenvalue weighted by Gasteiger charge is 2.22. The lowest BCUT2D eigenvalue weighted by atomic mass is 9.93. The van der Waals surface area contributed by atoms with Gasteiger partial charge < -0.3 is 9.88 Å². The Morgan fingerprint density at radius 3 is 3.00 bits per heavy atom. The van der Waals surface area contributed by atoms with E-state index in [4.69, 9.17) is 0 Å². The zero-order chi connectivity index (χ0) is 17.1. The summed E-state index contributed by atoms with van der Waals surface area (Å²) in [6.07, 6.45) is 9.43. The van der Waals surface area contributed by atoms with Crippen molar-refractivity contribution >= 4 is 16.8 Å². The summed E-state index contributed by atoms with van der Waals surface area (Å²) >= 11 is 0. The number of carbonyl (C=O) groups excluding carboxylic acids is 1. The highest BCUT2D eigenvalue weighted by molar-refractivity contribution is 5.92. The number of aromatic nitrogens is 3. The maximum Gasteiger partial charge on any atom is 0.271 e. The molecule has 4 rings (SSSR count). The van der Waals surface area contributed by atoms with E-state index in [9.17, 15) is 4.79 Å². The first kappa shape index (κ1) is 15.8. The number of para-hydroxylation sites is 1. The Morgan fingerprint density at radius 2 is 2.12 bits per heavy atom. The molecule has 2 aromatic heterocycles. The molecule has 5 heteroatoms. The molecule has 1 unspecified atom stereocenters. The lowest BCUT2D eigenvalue weighted by Gasteiger charge is -2.19. The molecule has 0 aliphatic carbocycles. The van der Waals surface area contributed by atoms with E-state index in [0.29, 0.717) is 11.6 Å². The SMILES string of the molecule is O=C(c1cnc[nH]1)N1CCCC(Cc2cnc3ccccc3c2)CC1. The fraction of sp³-hybridized carbons (Fsp3) is 0.350. The molecule has 1 amide bonds. The number of benzene rings is 1. The molecular weight excluding hydrogens is 312 g/mol. The van der Waals surface area contributed by atoms with Gasteiger partial charge in [-0.3, -0.25) is 9.78 Å². The van der Waals surface area contributed by atoms with Crippen molar-refractivity contribution in [3.05, 3.63) is 60.3 Å². The maximum atomic E-state index is 12.5. The number of imidazole rings is 1. The number of amides is 1. The molecule has 0 radical (unpaired) electrons. The fourth-order valence-corrected chi connectivity index (χ4v) is 3.68. The minimum Gasteiger partial charge on any atom is -0.341 e. The summed E-state index contributed by atoms with van der Waals surface area (Å²) < 4.78 is 0. The number of pyridine rings is 1. The Hall–Kier alpha value is -2.69. The molecule has 1 aliphatic heterocycles. The summed E-state index contributed by atoms with van der Waals surface area (Å²) in [5, 5.41) is 1.20. The Bertz CT molecular complexity index is 859. The largest absolute Gasteiger partial charge is 0.341 e. The highest BCUT2D eigenvalue weighted by atomic mass is 16.2. The third kappa shape index (κ3) is 3.55. The Morgan fingerprint density at radius 1 is 1.20 bits per heavy atom. The van der Waals surface area contributed by atoms with Gasteiger partial charge in [-0.05, 0) is 49.3 Å². The fourth-order valence-electron chi connectivity index (χ4n) is 3.68. The quantitative estimate of drug-likeness (QED) is 0.798. The number of H-pyrrole nitrogens is 1. The molecule has 0 saturated carbocycles. The average Bonchev–Trinajstić information content (AvgIpc) is 3.08. The van der Waals surface area contributed by atoms with E-state index in [1.807, 2.05) is 23.2 Å². The number of carbonyl (C=O) groups is 1. The number of aromatic amines is 1. The summed E-state index contributed by atoms with van der Waals surface area (Å²) in [7, 11) is 0. The molecule has 0 spiro atoms. The minimum absolute atomic E-state index is 0.0607. The molecule has 0 bridgehead atoms. The number of hydrogen-bond acceptors (Lipinski definition) is 3. The average molecular weight is 334 g/mol. The molecule has 1 aliphatic rings. The number of nitrogens with one attached hydrogen (secondary N) is 1. The predicted octanol–water partition coefficient (Wildman–Crippen LogP) is 3.44. The number of rotatable bonds is 3. The maximum absolute atomic E-state index is 12.5. The first-order valence-corrected chi connectivity index (χ1v) is 8.91. The first-order chi connectivity index (χ1) is 12.3. The molecule has 1 N–H and O–H groups in total. The Labute approximate surface area is 147 Å². The molecule has 1 aromatic carbocycles. The van der Waals surface area contributed by atoms with Crippen LogP contribution >= 0.6 is 0 Å². The number of likely N-dealkylation sites (tertiary alicyclic amines) is 1. The zero-order valence-corrected chi connectivity index (χ0v) is 14.2. The monoisotopic (exact) mass is 334 g/mol. The molecule has 1 atom stereocenters. The van der Waals surface area contributed by atoms with E-state index in [1.54, 1.807) is 12.5 Å². The third-order valence-corrected chi connectivity index (χ3v) is 5.03. The highest BCUT2D eigenvalue weighted by Crippen LogP contribution is 2.24. The lowest BCUT2D eigenvalue weighted by molar-refractivity contribution is 0.0754. The second kappa shape index (κ2) is 7.05. The van der Waals surface area contributed by atoms with Crippen LogP contribution in [-0.2, 0) is 6.42 Å². The van der Waals surface area contributed by atoms with Gasteiger partial charge in [-0.15, -0.1) is 0 Å². The third-order valence-electron chi connectivity index (χ3n) is 5.03. The van der Waals surface area contributed by atoms with Crippen molar-refractivity contribution in [2.45, 2.75) is 25.7 Å². The second-order valence-corrected chi connectivity index (χ2v) is 6.79. The topological polar surface area (TPSA) is 61.9 Å². The van der Waals surface area contributed by atoms with Gasteiger partial charge in [0.15, 0.2) is 0 Å². The van der Waals surface area contributed by atoms with Gasteiger partial charge >= 0.3 is 0 Å². The van der Waals surface area contributed by atoms with Gasteiger partial charge in [0, 0.05) is 24.7 Å². The van der Waals surface area contributed by atoms with Gasteiger partial charge in [0.1, 0.15) is 5.69 Å². The molecular formula is C20H22N4O. The van der Waals surface area contributed by atoms with Crippen LogP contribution in [0.25, 0.3) is 10.9 Å². The van der Waals surface area contributed by atoms with Crippen LogP contribution in [0.15, 0.2) is 49.1 Å². The minimum atomic E-state index is 0.0607. The van der Waals surface area contributed by atoms with Gasteiger partial charge in [-0.2, -0.15) is 0 Å². The number of hydrogen-bond donors (Lipinski definition) is 1. The summed E-state index contributed by atoms with van der Waals surface area (Å²) in [4.78, 5) is 25.9. The van der Waals surface area contributed by atoms with Gasteiger partial charge in [0.05, 0.1) is 18.0 Å². The van der Waals surface area contributed by atoms with E-state index >= 15 is 0 Å². The Balaban J connectivity index is 1.41. The van der Waals surface area contributed by atoms with Crippen LogP contribution in [0, 0.1) is 5.92 Å². The van der Waals surface area contributed by atoms with Crippen molar-refractivity contribution in [3.63, 3.8) is 0 Å². The zero-order valence-electron chi connectivity index (χ0n) is 14.2. The number of nitrogens with zero attached hydrogens (tertiary/aromatic N) is 3. The van der Waals surface area contributed by atoms with Crippen molar-refractivity contribution in [2.75, 3.05) is 13.1 Å². The predicted molar refractivity (Wildman–Crippen MR) is 97.3 cm³/mol. The summed E-state index contributed by atoms with van der Waals surface area (Å²) in [6, 6.07) is 10.5. The Kier molecular flexibility index (Phi) is 4.46. The summed E-state index contributed by atoms with van der Waals surface area (Å²) in [5.41, 5.74) is 2.91. The standard InChI is InChI=1S/C20H22N4O/c25-20(19-13-21-14-23-19)24-8-3-4-15(7-9-24)10-16-11-17-5-1-2-6-18(17)22-12-16/h1-2,5-6,11-15H,3-4,7-10H2,(H,21,23). The lowest BCUT2D eigenvalue weighted by Crippen LogP contribution is -2.32. The van der Waals surface area contributed by atoms with Crippen molar-refractivity contribution in [3.8, 4) is 0 Å². The van der Waals surface area contributed by atoms with E-state index < -0.39 is 0 Å². The van der Waals surface area contributed by atoms with Crippen molar-refractivity contribution in [1.82, 2.24) is 19.9 Å².